The molecule has 24 heavy (non-hydrogen) atoms. The Morgan fingerprint density at radius 1 is 1.25 bits per heavy atom. The van der Waals surface area contributed by atoms with Crippen molar-refractivity contribution >= 4 is 11.8 Å². The molecule has 1 aromatic carbocycles. The number of aryl methyl sites for hydroxylation is 1. The Kier molecular flexibility index (Phi) is 6.79. The van der Waals surface area contributed by atoms with Gasteiger partial charge in [0.15, 0.2) is 0 Å². The Morgan fingerprint density at radius 2 is 1.96 bits per heavy atom. The summed E-state index contributed by atoms with van der Waals surface area (Å²) in [5, 5.41) is 2.98. The summed E-state index contributed by atoms with van der Waals surface area (Å²) in [4.78, 5) is 27.8. The van der Waals surface area contributed by atoms with Crippen LogP contribution in [0.15, 0.2) is 24.3 Å². The quantitative estimate of drug-likeness (QED) is 0.831. The van der Waals surface area contributed by atoms with Crippen molar-refractivity contribution in [2.75, 3.05) is 33.7 Å². The van der Waals surface area contributed by atoms with Gasteiger partial charge in [0.05, 0.1) is 12.6 Å². The van der Waals surface area contributed by atoms with E-state index in [2.05, 4.69) is 41.4 Å². The molecule has 0 saturated carbocycles. The van der Waals surface area contributed by atoms with E-state index in [0.717, 1.165) is 19.3 Å². The zero-order valence-corrected chi connectivity index (χ0v) is 15.0. The lowest BCUT2D eigenvalue weighted by molar-refractivity contribution is -0.137. The van der Waals surface area contributed by atoms with Gasteiger partial charge >= 0.3 is 0 Å². The van der Waals surface area contributed by atoms with Crippen LogP contribution >= 0.6 is 0 Å². The summed E-state index contributed by atoms with van der Waals surface area (Å²) in [5.74, 6) is 0.0120. The van der Waals surface area contributed by atoms with Gasteiger partial charge in [0.2, 0.25) is 11.8 Å². The van der Waals surface area contributed by atoms with E-state index in [1.807, 2.05) is 14.1 Å². The number of hydrogen-bond acceptors (Lipinski definition) is 3. The number of carbonyl (C=O) groups is 2. The summed E-state index contributed by atoms with van der Waals surface area (Å²) in [5.41, 5.74) is 2.50. The third-order valence-electron chi connectivity index (χ3n) is 4.64. The Hall–Kier alpha value is -1.88. The van der Waals surface area contributed by atoms with Crippen LogP contribution in [0.2, 0.25) is 0 Å². The highest BCUT2D eigenvalue weighted by atomic mass is 16.2. The average molecular weight is 331 g/mol. The number of nitrogens with zero attached hydrogens (tertiary/aromatic N) is 2. The van der Waals surface area contributed by atoms with E-state index in [9.17, 15) is 9.59 Å². The summed E-state index contributed by atoms with van der Waals surface area (Å²) in [6.45, 7) is 3.55. The number of hydrogen-bond donors (Lipinski definition) is 1. The van der Waals surface area contributed by atoms with Crippen LogP contribution in [0.5, 0.6) is 0 Å². The minimum Gasteiger partial charge on any atom is -0.353 e. The molecule has 1 fully saturated rings. The molecule has 1 atom stereocenters. The molecule has 1 saturated heterocycles. The molecule has 0 aromatic heterocycles. The second-order valence-corrected chi connectivity index (χ2v) is 6.65. The highest BCUT2D eigenvalue weighted by molar-refractivity contribution is 5.85. The summed E-state index contributed by atoms with van der Waals surface area (Å²) < 4.78 is 0. The fourth-order valence-electron chi connectivity index (χ4n) is 3.04. The maximum atomic E-state index is 12.2. The first-order valence-electron chi connectivity index (χ1n) is 8.81. The molecule has 0 aliphatic carbocycles. The maximum absolute atomic E-state index is 12.2. The molecule has 2 rings (SSSR count). The van der Waals surface area contributed by atoms with Crippen molar-refractivity contribution in [3.05, 3.63) is 35.4 Å². The largest absolute Gasteiger partial charge is 0.353 e. The van der Waals surface area contributed by atoms with Gasteiger partial charge in [-0.1, -0.05) is 31.2 Å². The zero-order chi connectivity index (χ0) is 17.5. The highest BCUT2D eigenvalue weighted by Crippen LogP contribution is 2.18. The number of likely N-dealkylation sites (tertiary alicyclic amines) is 1. The Bertz CT molecular complexity index is 554. The summed E-state index contributed by atoms with van der Waals surface area (Å²) in [6.07, 6.45) is 3.52. The van der Waals surface area contributed by atoms with Crippen molar-refractivity contribution in [3.8, 4) is 0 Å². The third-order valence-corrected chi connectivity index (χ3v) is 4.64. The van der Waals surface area contributed by atoms with Crippen molar-refractivity contribution in [2.45, 2.75) is 38.6 Å². The summed E-state index contributed by atoms with van der Waals surface area (Å²) in [7, 11) is 4.03. The van der Waals surface area contributed by atoms with Crippen LogP contribution in [0.25, 0.3) is 0 Å². The van der Waals surface area contributed by atoms with Crippen LogP contribution < -0.4 is 5.32 Å². The van der Waals surface area contributed by atoms with Gasteiger partial charge in [-0.25, -0.2) is 0 Å². The molecule has 0 radical (unpaired) electrons. The van der Waals surface area contributed by atoms with Crippen molar-refractivity contribution in [3.63, 3.8) is 0 Å². The summed E-state index contributed by atoms with van der Waals surface area (Å²) >= 11 is 0. The Balaban J connectivity index is 1.90. The van der Waals surface area contributed by atoms with Crippen molar-refractivity contribution in [2.24, 2.45) is 0 Å². The maximum Gasteiger partial charge on any atom is 0.239 e. The number of piperidine rings is 1. The first kappa shape index (κ1) is 18.5. The minimum absolute atomic E-state index is 0.0812. The fourth-order valence-corrected chi connectivity index (χ4v) is 3.04. The molecule has 132 valence electrons. The first-order valence-corrected chi connectivity index (χ1v) is 8.81. The van der Waals surface area contributed by atoms with Crippen molar-refractivity contribution in [1.29, 1.82) is 0 Å². The molecule has 1 aliphatic heterocycles. The second-order valence-electron chi connectivity index (χ2n) is 6.65. The average Bonchev–Trinajstić information content (AvgIpc) is 2.57. The van der Waals surface area contributed by atoms with Crippen LogP contribution in [0.4, 0.5) is 0 Å². The molecular formula is C19H29N3O2. The Labute approximate surface area is 145 Å². The smallest absolute Gasteiger partial charge is 0.239 e. The third kappa shape index (κ3) is 5.06. The van der Waals surface area contributed by atoms with Crippen LogP contribution in [0, 0.1) is 0 Å². The second kappa shape index (κ2) is 8.83. The van der Waals surface area contributed by atoms with Gasteiger partial charge in [-0.2, -0.15) is 0 Å². The minimum atomic E-state index is -0.0812. The Morgan fingerprint density at radius 3 is 2.54 bits per heavy atom. The highest BCUT2D eigenvalue weighted by Gasteiger charge is 2.21. The van der Waals surface area contributed by atoms with Gasteiger partial charge in [0.1, 0.15) is 0 Å². The van der Waals surface area contributed by atoms with Gasteiger partial charge in [0, 0.05) is 19.5 Å². The monoisotopic (exact) mass is 331 g/mol. The van der Waals surface area contributed by atoms with Crippen molar-refractivity contribution < 1.29 is 9.59 Å². The molecule has 1 N–H and O–H groups in total. The van der Waals surface area contributed by atoms with E-state index in [1.165, 1.54) is 11.1 Å². The van der Waals surface area contributed by atoms with Gasteiger partial charge in [-0.3, -0.25) is 9.59 Å². The molecule has 1 heterocycles. The van der Waals surface area contributed by atoms with E-state index < -0.39 is 0 Å². The predicted molar refractivity (Wildman–Crippen MR) is 95.7 cm³/mol. The van der Waals surface area contributed by atoms with E-state index in [0.29, 0.717) is 19.5 Å². The van der Waals surface area contributed by atoms with Crippen LogP contribution in [-0.4, -0.2) is 55.3 Å². The number of rotatable bonds is 7. The van der Waals surface area contributed by atoms with Gasteiger partial charge in [-0.15, -0.1) is 0 Å². The van der Waals surface area contributed by atoms with Crippen LogP contribution in [-0.2, 0) is 16.0 Å². The molecule has 2 amide bonds. The van der Waals surface area contributed by atoms with Crippen LogP contribution in [0.3, 0.4) is 0 Å². The molecular weight excluding hydrogens is 302 g/mol. The number of benzene rings is 1. The molecule has 0 bridgehead atoms. The number of carbonyl (C=O) groups excluding carboxylic acids is 2. The van der Waals surface area contributed by atoms with Gasteiger partial charge in [-0.05, 0) is 44.5 Å². The van der Waals surface area contributed by atoms with Gasteiger partial charge in [0.25, 0.3) is 0 Å². The van der Waals surface area contributed by atoms with E-state index in [-0.39, 0.29) is 24.4 Å². The standard InChI is InChI=1S/C19H29N3O2/c1-4-15-8-10-16(11-9-15)17(21(2)3)13-20-18(23)14-22-12-6-5-7-19(22)24/h8-11,17H,4-7,12-14H2,1-3H3,(H,20,23). The normalized spacial score (nSPS) is 16.3. The topological polar surface area (TPSA) is 52.7 Å². The molecule has 1 unspecified atom stereocenters. The van der Waals surface area contributed by atoms with Crippen molar-refractivity contribution in [1.82, 2.24) is 15.1 Å². The lowest BCUT2D eigenvalue weighted by Gasteiger charge is -2.28. The molecule has 5 nitrogen and oxygen atoms in total. The van der Waals surface area contributed by atoms with Crippen LogP contribution in [0.1, 0.15) is 43.4 Å². The zero-order valence-electron chi connectivity index (χ0n) is 15.0. The lowest BCUT2D eigenvalue weighted by atomic mass is 10.0. The van der Waals surface area contributed by atoms with Gasteiger partial charge < -0.3 is 15.1 Å². The molecule has 0 spiro atoms. The first-order chi connectivity index (χ1) is 11.5. The number of likely N-dealkylation sites (N-methyl/N-ethyl adjacent to an activating group) is 1. The van der Waals surface area contributed by atoms with E-state index in [4.69, 9.17) is 0 Å². The van der Waals surface area contributed by atoms with E-state index >= 15 is 0 Å². The molecule has 1 aliphatic rings. The number of nitrogens with one attached hydrogen (secondary N) is 1. The molecule has 5 heteroatoms. The number of amides is 2. The SMILES string of the molecule is CCc1ccc(C(CNC(=O)CN2CCCCC2=O)N(C)C)cc1. The summed E-state index contributed by atoms with van der Waals surface area (Å²) in [6, 6.07) is 8.66. The predicted octanol–water partition coefficient (Wildman–Crippen LogP) is 1.98. The van der Waals surface area contributed by atoms with E-state index in [1.54, 1.807) is 4.90 Å². The lowest BCUT2D eigenvalue weighted by Crippen LogP contribution is -2.44. The fraction of sp³-hybridized carbons (Fsp3) is 0.579. The molecule has 1 aromatic rings.